The van der Waals surface area contributed by atoms with Crippen LogP contribution in [0.2, 0.25) is 0 Å². The van der Waals surface area contributed by atoms with Crippen LogP contribution in [0.1, 0.15) is 11.1 Å². The monoisotopic (exact) mass is 474 g/mol. The molecule has 0 atom stereocenters. The third-order valence-corrected chi connectivity index (χ3v) is 5.85. The number of nitrogens with one attached hydrogen (secondary N) is 2. The third-order valence-electron chi connectivity index (χ3n) is 4.22. The van der Waals surface area contributed by atoms with Crippen molar-refractivity contribution in [3.8, 4) is 11.4 Å². The molecule has 0 aliphatic heterocycles. The Kier molecular flexibility index (Phi) is 6.55. The van der Waals surface area contributed by atoms with Gasteiger partial charge in [0.1, 0.15) is 0 Å². The highest BCUT2D eigenvalue weighted by atomic mass is 79.9. The summed E-state index contributed by atoms with van der Waals surface area (Å²) in [4.78, 5) is 24.2. The molecule has 0 aliphatic carbocycles. The van der Waals surface area contributed by atoms with Gasteiger partial charge in [-0.05, 0) is 43.2 Å². The van der Waals surface area contributed by atoms with Crippen LogP contribution in [-0.2, 0) is 4.79 Å². The van der Waals surface area contributed by atoms with E-state index in [0.29, 0.717) is 16.7 Å². The molecule has 3 aromatic rings. The number of nitrogen functional groups attached to an aromatic ring is 1. The number of amides is 3. The van der Waals surface area contributed by atoms with Crippen molar-refractivity contribution in [2.24, 2.45) is 0 Å². The van der Waals surface area contributed by atoms with Crippen molar-refractivity contribution < 1.29 is 9.59 Å². The SMILES string of the molecule is Cc1cccc(NC(=O)NC(=O)CSc2nnc(-c3ccccc3Br)n2N)c1C. The van der Waals surface area contributed by atoms with Gasteiger partial charge in [-0.15, -0.1) is 10.2 Å². The van der Waals surface area contributed by atoms with Gasteiger partial charge in [-0.2, -0.15) is 0 Å². The van der Waals surface area contributed by atoms with Crippen molar-refractivity contribution in [2.75, 3.05) is 16.9 Å². The first-order chi connectivity index (χ1) is 13.9. The van der Waals surface area contributed by atoms with E-state index in [1.165, 1.54) is 4.68 Å². The number of nitrogens with two attached hydrogens (primary N) is 1. The summed E-state index contributed by atoms with van der Waals surface area (Å²) < 4.78 is 2.14. The minimum absolute atomic E-state index is 0.0362. The molecule has 0 aliphatic rings. The summed E-state index contributed by atoms with van der Waals surface area (Å²) in [5.41, 5.74) is 3.43. The van der Waals surface area contributed by atoms with Crippen LogP contribution >= 0.6 is 27.7 Å². The van der Waals surface area contributed by atoms with Crippen molar-refractivity contribution in [3.05, 3.63) is 58.1 Å². The number of thioether (sulfide) groups is 1. The number of anilines is 1. The number of benzene rings is 2. The van der Waals surface area contributed by atoms with Gasteiger partial charge in [0.2, 0.25) is 11.1 Å². The number of hydrogen-bond acceptors (Lipinski definition) is 6. The Morgan fingerprint density at radius 1 is 1.14 bits per heavy atom. The lowest BCUT2D eigenvalue weighted by atomic mass is 10.1. The average Bonchev–Trinajstić information content (AvgIpc) is 3.04. The minimum atomic E-state index is -0.590. The maximum atomic E-state index is 12.1. The molecule has 1 heterocycles. The Labute approximate surface area is 180 Å². The van der Waals surface area contributed by atoms with E-state index < -0.39 is 11.9 Å². The maximum absolute atomic E-state index is 12.1. The number of halogens is 1. The summed E-state index contributed by atoms with van der Waals surface area (Å²) >= 11 is 4.54. The molecule has 10 heteroatoms. The molecule has 0 radical (unpaired) electrons. The van der Waals surface area contributed by atoms with E-state index in [0.717, 1.165) is 32.9 Å². The summed E-state index contributed by atoms with van der Waals surface area (Å²) in [6.07, 6.45) is 0. The minimum Gasteiger partial charge on any atom is -0.335 e. The summed E-state index contributed by atoms with van der Waals surface area (Å²) in [5, 5.41) is 13.4. The van der Waals surface area contributed by atoms with E-state index in [1.807, 2.05) is 50.2 Å². The number of aromatic nitrogens is 3. The lowest BCUT2D eigenvalue weighted by Gasteiger charge is -2.10. The second-order valence-electron chi connectivity index (χ2n) is 6.19. The van der Waals surface area contributed by atoms with Crippen LogP contribution in [-0.4, -0.2) is 32.6 Å². The third kappa shape index (κ3) is 4.96. The molecule has 3 amide bonds. The van der Waals surface area contributed by atoms with Crippen LogP contribution in [0.25, 0.3) is 11.4 Å². The van der Waals surface area contributed by atoms with E-state index in [2.05, 4.69) is 36.8 Å². The predicted octanol–water partition coefficient (Wildman–Crippen LogP) is 3.48. The first-order valence-corrected chi connectivity index (χ1v) is 10.4. The van der Waals surface area contributed by atoms with Gasteiger partial charge >= 0.3 is 6.03 Å². The van der Waals surface area contributed by atoms with Crippen LogP contribution in [0.15, 0.2) is 52.1 Å². The van der Waals surface area contributed by atoms with E-state index in [4.69, 9.17) is 5.84 Å². The quantitative estimate of drug-likeness (QED) is 0.385. The predicted molar refractivity (Wildman–Crippen MR) is 117 cm³/mol. The van der Waals surface area contributed by atoms with Crippen LogP contribution in [0.5, 0.6) is 0 Å². The van der Waals surface area contributed by atoms with E-state index in [9.17, 15) is 9.59 Å². The highest BCUT2D eigenvalue weighted by molar-refractivity contribution is 9.10. The second-order valence-corrected chi connectivity index (χ2v) is 7.99. The number of carbonyl (C=O) groups is 2. The highest BCUT2D eigenvalue weighted by Gasteiger charge is 2.16. The first-order valence-electron chi connectivity index (χ1n) is 8.62. The Balaban J connectivity index is 1.58. The fourth-order valence-electron chi connectivity index (χ4n) is 2.53. The molecular formula is C19H19BrN6O2S. The molecule has 150 valence electrons. The standard InChI is InChI=1S/C19H19BrN6O2S/c1-11-6-5-9-15(12(11)2)22-18(28)23-16(27)10-29-19-25-24-17(26(19)21)13-7-3-4-8-14(13)20/h3-9H,10,21H2,1-2H3,(H2,22,23,27,28). The summed E-state index contributed by atoms with van der Waals surface area (Å²) in [6.45, 7) is 3.85. The Bertz CT molecular complexity index is 1070. The van der Waals surface area contributed by atoms with Crippen molar-refractivity contribution in [1.82, 2.24) is 20.2 Å². The maximum Gasteiger partial charge on any atom is 0.325 e. The van der Waals surface area contributed by atoms with Gasteiger partial charge in [0, 0.05) is 15.7 Å². The molecular weight excluding hydrogens is 456 g/mol. The van der Waals surface area contributed by atoms with Crippen LogP contribution in [0, 0.1) is 13.8 Å². The second kappa shape index (κ2) is 9.10. The van der Waals surface area contributed by atoms with Crippen LogP contribution in [0.3, 0.4) is 0 Å². The van der Waals surface area contributed by atoms with E-state index in [1.54, 1.807) is 6.07 Å². The van der Waals surface area contributed by atoms with E-state index in [-0.39, 0.29) is 5.75 Å². The van der Waals surface area contributed by atoms with Crippen LogP contribution < -0.4 is 16.5 Å². The molecule has 2 aromatic carbocycles. The van der Waals surface area contributed by atoms with Gasteiger partial charge in [0.25, 0.3) is 0 Å². The van der Waals surface area contributed by atoms with Crippen molar-refractivity contribution >= 4 is 45.3 Å². The number of aryl methyl sites for hydroxylation is 1. The largest absolute Gasteiger partial charge is 0.335 e. The van der Waals surface area contributed by atoms with Gasteiger partial charge in [-0.25, -0.2) is 9.47 Å². The smallest absolute Gasteiger partial charge is 0.325 e. The molecule has 0 spiro atoms. The number of carbonyl (C=O) groups excluding carboxylic acids is 2. The molecule has 29 heavy (non-hydrogen) atoms. The Morgan fingerprint density at radius 2 is 1.90 bits per heavy atom. The number of nitrogens with zero attached hydrogens (tertiary/aromatic N) is 3. The number of hydrogen-bond donors (Lipinski definition) is 3. The Morgan fingerprint density at radius 3 is 2.66 bits per heavy atom. The molecule has 3 rings (SSSR count). The lowest BCUT2D eigenvalue weighted by Crippen LogP contribution is -2.35. The van der Waals surface area contributed by atoms with Gasteiger partial charge in [0.15, 0.2) is 5.82 Å². The first kappa shape index (κ1) is 20.9. The summed E-state index contributed by atoms with van der Waals surface area (Å²) in [6, 6.07) is 12.5. The number of urea groups is 1. The van der Waals surface area contributed by atoms with Crippen molar-refractivity contribution in [1.29, 1.82) is 0 Å². The van der Waals surface area contributed by atoms with Crippen LogP contribution in [0.4, 0.5) is 10.5 Å². The van der Waals surface area contributed by atoms with Gasteiger partial charge < -0.3 is 11.2 Å². The zero-order valence-corrected chi connectivity index (χ0v) is 18.2. The fourth-order valence-corrected chi connectivity index (χ4v) is 3.65. The highest BCUT2D eigenvalue weighted by Crippen LogP contribution is 2.27. The summed E-state index contributed by atoms with van der Waals surface area (Å²) in [7, 11) is 0. The molecule has 0 bridgehead atoms. The molecule has 0 fully saturated rings. The fraction of sp³-hybridized carbons (Fsp3) is 0.158. The zero-order valence-electron chi connectivity index (χ0n) is 15.8. The number of rotatable bonds is 5. The molecule has 4 N–H and O–H groups in total. The Hall–Kier alpha value is -2.85. The van der Waals surface area contributed by atoms with Gasteiger partial charge in [-0.1, -0.05) is 52.0 Å². The molecule has 0 saturated carbocycles. The normalized spacial score (nSPS) is 10.6. The molecule has 0 saturated heterocycles. The van der Waals surface area contributed by atoms with E-state index >= 15 is 0 Å². The average molecular weight is 475 g/mol. The molecule has 1 aromatic heterocycles. The van der Waals surface area contributed by atoms with Gasteiger partial charge in [-0.3, -0.25) is 10.1 Å². The van der Waals surface area contributed by atoms with Crippen molar-refractivity contribution in [3.63, 3.8) is 0 Å². The lowest BCUT2D eigenvalue weighted by molar-refractivity contribution is -0.117. The molecule has 8 nitrogen and oxygen atoms in total. The summed E-state index contributed by atoms with van der Waals surface area (Å²) in [5.74, 6) is 6.02. The van der Waals surface area contributed by atoms with Gasteiger partial charge in [0.05, 0.1) is 5.75 Å². The number of imide groups is 1. The van der Waals surface area contributed by atoms with Crippen molar-refractivity contribution in [2.45, 2.75) is 19.0 Å². The zero-order chi connectivity index (χ0) is 21.0. The topological polar surface area (TPSA) is 115 Å². The molecule has 0 unspecified atom stereocenters.